The molecular weight excluding hydrogens is 152 g/mol. The van der Waals surface area contributed by atoms with Crippen molar-refractivity contribution in [1.29, 1.82) is 0 Å². The van der Waals surface area contributed by atoms with E-state index in [1.165, 1.54) is 12.8 Å². The van der Waals surface area contributed by atoms with Gasteiger partial charge in [-0.15, -0.1) is 0 Å². The van der Waals surface area contributed by atoms with Crippen LogP contribution in [0.5, 0.6) is 0 Å². The normalized spacial score (nSPS) is 20.0. The summed E-state index contributed by atoms with van der Waals surface area (Å²) in [5.41, 5.74) is 5.51. The van der Waals surface area contributed by atoms with E-state index in [2.05, 4.69) is 11.8 Å². The number of aliphatic hydroxyl groups excluding tert-OH is 1. The lowest BCUT2D eigenvalue weighted by molar-refractivity contribution is 0.170. The van der Waals surface area contributed by atoms with Crippen LogP contribution in [0.4, 0.5) is 0 Å². The molecule has 0 spiro atoms. The van der Waals surface area contributed by atoms with Crippen LogP contribution < -0.4 is 5.73 Å². The maximum absolute atomic E-state index is 8.90. The number of nitrogens with two attached hydrogens (primary N) is 1. The van der Waals surface area contributed by atoms with E-state index in [4.69, 9.17) is 10.8 Å². The zero-order valence-corrected chi connectivity index (χ0v) is 7.87. The highest BCUT2D eigenvalue weighted by molar-refractivity contribution is 4.85. The summed E-state index contributed by atoms with van der Waals surface area (Å²) in [7, 11) is 0. The third kappa shape index (κ3) is 3.09. The first-order chi connectivity index (χ1) is 5.77. The van der Waals surface area contributed by atoms with Gasteiger partial charge in [-0.05, 0) is 18.8 Å². The van der Waals surface area contributed by atoms with Crippen molar-refractivity contribution in [3.05, 3.63) is 0 Å². The minimum atomic E-state index is 0.286. The highest BCUT2D eigenvalue weighted by Crippen LogP contribution is 2.26. The summed E-state index contributed by atoms with van der Waals surface area (Å²) in [5.74, 6) is 0.386. The van der Waals surface area contributed by atoms with Gasteiger partial charge < -0.3 is 10.8 Å². The number of hydrogen-bond donors (Lipinski definition) is 2. The summed E-state index contributed by atoms with van der Waals surface area (Å²) in [5, 5.41) is 8.90. The molecule has 3 heteroatoms. The minimum absolute atomic E-state index is 0.286. The van der Waals surface area contributed by atoms with Gasteiger partial charge >= 0.3 is 0 Å². The summed E-state index contributed by atoms with van der Waals surface area (Å²) in [6, 6.07) is 0.766. The van der Waals surface area contributed by atoms with Crippen molar-refractivity contribution < 1.29 is 5.11 Å². The third-order valence-electron chi connectivity index (χ3n) is 2.34. The Labute approximate surface area is 74.5 Å². The van der Waals surface area contributed by atoms with Gasteiger partial charge in [-0.2, -0.15) is 0 Å². The standard InChI is InChI=1S/C9H20N2O/c1-8(7-12)6-11(5-4-10)9-2-3-9/h8-9,12H,2-7,10H2,1H3. The van der Waals surface area contributed by atoms with Gasteiger partial charge in [-0.1, -0.05) is 6.92 Å². The van der Waals surface area contributed by atoms with E-state index in [0.29, 0.717) is 5.92 Å². The molecule has 0 aromatic heterocycles. The second-order valence-corrected chi connectivity index (χ2v) is 3.80. The van der Waals surface area contributed by atoms with Crippen molar-refractivity contribution >= 4 is 0 Å². The predicted octanol–water partition coefficient (Wildman–Crippen LogP) is 0.0379. The van der Waals surface area contributed by atoms with E-state index in [1.807, 2.05) is 0 Å². The molecule has 1 saturated carbocycles. The molecule has 0 radical (unpaired) electrons. The molecule has 0 heterocycles. The molecule has 12 heavy (non-hydrogen) atoms. The van der Waals surface area contributed by atoms with Gasteiger partial charge in [-0.3, -0.25) is 4.90 Å². The first-order valence-corrected chi connectivity index (χ1v) is 4.83. The first-order valence-electron chi connectivity index (χ1n) is 4.83. The fourth-order valence-corrected chi connectivity index (χ4v) is 1.49. The van der Waals surface area contributed by atoms with Crippen LogP contribution in [0, 0.1) is 5.92 Å². The monoisotopic (exact) mass is 172 g/mol. The molecule has 1 fully saturated rings. The van der Waals surface area contributed by atoms with Crippen LogP contribution in [0.15, 0.2) is 0 Å². The average molecular weight is 172 g/mol. The van der Waals surface area contributed by atoms with Crippen molar-refractivity contribution in [3.8, 4) is 0 Å². The summed E-state index contributed by atoms with van der Waals surface area (Å²) >= 11 is 0. The minimum Gasteiger partial charge on any atom is -0.396 e. The molecule has 0 aliphatic heterocycles. The lowest BCUT2D eigenvalue weighted by Gasteiger charge is -2.23. The summed E-state index contributed by atoms with van der Waals surface area (Å²) < 4.78 is 0. The predicted molar refractivity (Wildman–Crippen MR) is 49.9 cm³/mol. The Morgan fingerprint density at radius 1 is 1.58 bits per heavy atom. The van der Waals surface area contributed by atoms with Crippen LogP contribution >= 0.6 is 0 Å². The van der Waals surface area contributed by atoms with Crippen molar-refractivity contribution in [2.45, 2.75) is 25.8 Å². The maximum atomic E-state index is 8.90. The van der Waals surface area contributed by atoms with Gasteiger partial charge in [0.05, 0.1) is 0 Å². The summed E-state index contributed by atoms with van der Waals surface area (Å²) in [4.78, 5) is 2.40. The second kappa shape index (κ2) is 4.80. The summed E-state index contributed by atoms with van der Waals surface area (Å²) in [6.07, 6.45) is 2.64. The van der Waals surface area contributed by atoms with Crippen LogP contribution in [0.3, 0.4) is 0 Å². The Balaban J connectivity index is 2.22. The molecule has 3 N–H and O–H groups in total. The topological polar surface area (TPSA) is 49.5 Å². The number of rotatable bonds is 6. The van der Waals surface area contributed by atoms with Gasteiger partial charge in [0.2, 0.25) is 0 Å². The molecule has 0 amide bonds. The Morgan fingerprint density at radius 2 is 2.25 bits per heavy atom. The SMILES string of the molecule is CC(CO)CN(CCN)C1CC1. The maximum Gasteiger partial charge on any atom is 0.0468 e. The molecule has 3 nitrogen and oxygen atoms in total. The molecular formula is C9H20N2O. The van der Waals surface area contributed by atoms with E-state index in [9.17, 15) is 0 Å². The molecule has 1 unspecified atom stereocenters. The van der Waals surface area contributed by atoms with Crippen molar-refractivity contribution in [2.24, 2.45) is 11.7 Å². The quantitative estimate of drug-likeness (QED) is 0.594. The van der Waals surface area contributed by atoms with Crippen LogP contribution in [0.2, 0.25) is 0 Å². The summed E-state index contributed by atoms with van der Waals surface area (Å²) in [6.45, 7) is 5.07. The van der Waals surface area contributed by atoms with Crippen molar-refractivity contribution in [2.75, 3.05) is 26.2 Å². The third-order valence-corrected chi connectivity index (χ3v) is 2.34. The molecule has 1 rings (SSSR count). The van der Waals surface area contributed by atoms with Gasteiger partial charge in [0, 0.05) is 32.3 Å². The number of hydrogen-bond acceptors (Lipinski definition) is 3. The van der Waals surface area contributed by atoms with Gasteiger partial charge in [0.25, 0.3) is 0 Å². The molecule has 1 aliphatic rings. The molecule has 0 aromatic carbocycles. The molecule has 1 aliphatic carbocycles. The van der Waals surface area contributed by atoms with E-state index in [-0.39, 0.29) is 6.61 Å². The average Bonchev–Trinajstić information content (AvgIpc) is 2.86. The lowest BCUT2D eigenvalue weighted by Crippen LogP contribution is -2.35. The van der Waals surface area contributed by atoms with Crippen molar-refractivity contribution in [1.82, 2.24) is 4.90 Å². The number of nitrogens with zero attached hydrogens (tertiary/aromatic N) is 1. The molecule has 0 aromatic rings. The number of aliphatic hydroxyl groups is 1. The Hall–Kier alpha value is -0.120. The van der Waals surface area contributed by atoms with Crippen LogP contribution in [0.25, 0.3) is 0 Å². The highest BCUT2D eigenvalue weighted by atomic mass is 16.3. The van der Waals surface area contributed by atoms with Gasteiger partial charge in [0.1, 0.15) is 0 Å². The molecule has 0 bridgehead atoms. The fraction of sp³-hybridized carbons (Fsp3) is 1.00. The first kappa shape index (κ1) is 9.96. The van der Waals surface area contributed by atoms with Crippen LogP contribution in [0.1, 0.15) is 19.8 Å². The zero-order valence-electron chi connectivity index (χ0n) is 7.87. The van der Waals surface area contributed by atoms with Gasteiger partial charge in [-0.25, -0.2) is 0 Å². The Kier molecular flexibility index (Phi) is 3.98. The van der Waals surface area contributed by atoms with E-state index in [0.717, 1.165) is 25.7 Å². The highest BCUT2D eigenvalue weighted by Gasteiger charge is 2.28. The lowest BCUT2D eigenvalue weighted by atomic mass is 10.2. The second-order valence-electron chi connectivity index (χ2n) is 3.80. The van der Waals surface area contributed by atoms with E-state index < -0.39 is 0 Å². The largest absolute Gasteiger partial charge is 0.396 e. The van der Waals surface area contributed by atoms with Crippen LogP contribution in [-0.4, -0.2) is 42.3 Å². The Morgan fingerprint density at radius 3 is 2.67 bits per heavy atom. The van der Waals surface area contributed by atoms with Gasteiger partial charge in [0.15, 0.2) is 0 Å². The fourth-order valence-electron chi connectivity index (χ4n) is 1.49. The molecule has 0 saturated heterocycles. The van der Waals surface area contributed by atoms with Crippen molar-refractivity contribution in [3.63, 3.8) is 0 Å². The molecule has 1 atom stereocenters. The molecule has 72 valence electrons. The smallest absolute Gasteiger partial charge is 0.0468 e. The van der Waals surface area contributed by atoms with E-state index in [1.54, 1.807) is 0 Å². The zero-order chi connectivity index (χ0) is 8.97. The Bertz CT molecular complexity index is 126. The van der Waals surface area contributed by atoms with E-state index >= 15 is 0 Å². The van der Waals surface area contributed by atoms with Crippen LogP contribution in [-0.2, 0) is 0 Å².